The van der Waals surface area contributed by atoms with Gasteiger partial charge in [0.05, 0.1) is 6.61 Å². The van der Waals surface area contributed by atoms with E-state index in [1.807, 2.05) is 18.9 Å². The predicted octanol–water partition coefficient (Wildman–Crippen LogP) is 0.563. The lowest BCUT2D eigenvalue weighted by Gasteiger charge is -2.38. The monoisotopic (exact) mass is 273 g/mol. The van der Waals surface area contributed by atoms with Gasteiger partial charge in [-0.3, -0.25) is 5.43 Å². The Kier molecular flexibility index (Phi) is 6.04. The van der Waals surface area contributed by atoms with Crippen LogP contribution in [0.15, 0.2) is 0 Å². The summed E-state index contributed by atoms with van der Waals surface area (Å²) in [5.74, 6) is -1.11. The average molecular weight is 273 g/mol. The molecule has 1 rings (SSSR count). The van der Waals surface area contributed by atoms with Crippen molar-refractivity contribution in [3.63, 3.8) is 0 Å². The minimum Gasteiger partial charge on any atom is -0.480 e. The van der Waals surface area contributed by atoms with Crippen LogP contribution in [0.4, 0.5) is 4.79 Å². The van der Waals surface area contributed by atoms with Gasteiger partial charge in [-0.15, -0.1) is 0 Å². The number of piperidine rings is 1. The fraction of sp³-hybridized carbons (Fsp3) is 0.833. The van der Waals surface area contributed by atoms with Crippen molar-refractivity contribution in [3.05, 3.63) is 0 Å². The molecule has 0 bridgehead atoms. The first kappa shape index (κ1) is 15.7. The zero-order valence-corrected chi connectivity index (χ0v) is 11.7. The molecule has 1 aliphatic rings. The van der Waals surface area contributed by atoms with E-state index in [1.54, 1.807) is 0 Å². The predicted molar refractivity (Wildman–Crippen MR) is 69.6 cm³/mol. The number of ether oxygens (including phenoxy) is 1. The zero-order valence-electron chi connectivity index (χ0n) is 11.7. The molecule has 1 saturated heterocycles. The van der Waals surface area contributed by atoms with E-state index >= 15 is 0 Å². The van der Waals surface area contributed by atoms with Crippen molar-refractivity contribution in [2.24, 2.45) is 0 Å². The average Bonchev–Trinajstić information content (AvgIpc) is 2.33. The molecule has 0 spiro atoms. The summed E-state index contributed by atoms with van der Waals surface area (Å²) in [7, 11) is 1.39. The summed E-state index contributed by atoms with van der Waals surface area (Å²) >= 11 is 0. The van der Waals surface area contributed by atoms with Gasteiger partial charge in [0, 0.05) is 19.2 Å². The Labute approximate surface area is 113 Å². The molecule has 3 N–H and O–H groups in total. The minimum atomic E-state index is -1.11. The zero-order chi connectivity index (χ0) is 14.4. The molecule has 1 heterocycles. The van der Waals surface area contributed by atoms with Gasteiger partial charge in [-0.25, -0.2) is 14.6 Å². The number of hydrogen-bond donors (Lipinski definition) is 3. The van der Waals surface area contributed by atoms with Gasteiger partial charge in [-0.05, 0) is 26.7 Å². The molecule has 0 aromatic carbocycles. The van der Waals surface area contributed by atoms with Gasteiger partial charge in [-0.2, -0.15) is 0 Å². The van der Waals surface area contributed by atoms with Crippen molar-refractivity contribution >= 4 is 12.0 Å². The van der Waals surface area contributed by atoms with Crippen molar-refractivity contribution in [2.45, 2.75) is 51.2 Å². The van der Waals surface area contributed by atoms with Crippen LogP contribution in [0, 0.1) is 0 Å². The van der Waals surface area contributed by atoms with E-state index in [-0.39, 0.29) is 18.7 Å². The van der Waals surface area contributed by atoms with Gasteiger partial charge in [0.2, 0.25) is 0 Å². The smallest absolute Gasteiger partial charge is 0.330 e. The van der Waals surface area contributed by atoms with Crippen LogP contribution in [0.2, 0.25) is 0 Å². The molecule has 1 aliphatic heterocycles. The fourth-order valence-electron chi connectivity index (χ4n) is 2.29. The second-order valence-corrected chi connectivity index (χ2v) is 4.97. The molecule has 3 unspecified atom stereocenters. The lowest BCUT2D eigenvalue weighted by Crippen LogP contribution is -2.58. The van der Waals surface area contributed by atoms with E-state index in [1.165, 1.54) is 7.11 Å². The molecule has 1 fully saturated rings. The standard InChI is InChI=1S/C12H23N3O4/c1-8-5-4-6-9(2)15(8)14-12(18)13-10(7-19-3)11(16)17/h8-10H,4-7H2,1-3H3,(H,16,17)(H2,13,14,18). The van der Waals surface area contributed by atoms with E-state index in [2.05, 4.69) is 10.7 Å². The number of urea groups is 1. The highest BCUT2D eigenvalue weighted by molar-refractivity contribution is 5.82. The van der Waals surface area contributed by atoms with Crippen LogP contribution in [0.5, 0.6) is 0 Å². The molecule has 0 aromatic rings. The van der Waals surface area contributed by atoms with Gasteiger partial charge in [-0.1, -0.05) is 6.42 Å². The minimum absolute atomic E-state index is 0.0616. The molecule has 0 aliphatic carbocycles. The number of rotatable bonds is 5. The maximum Gasteiger partial charge on any atom is 0.330 e. The van der Waals surface area contributed by atoms with Crippen LogP contribution < -0.4 is 10.7 Å². The fourth-order valence-corrected chi connectivity index (χ4v) is 2.29. The molecule has 3 atom stereocenters. The molecule has 0 saturated carbocycles. The number of carboxylic acids is 1. The van der Waals surface area contributed by atoms with Gasteiger partial charge in [0.25, 0.3) is 0 Å². The number of aliphatic carboxylic acids is 1. The molecule has 0 aromatic heterocycles. The maximum absolute atomic E-state index is 11.8. The normalized spacial score (nSPS) is 25.6. The lowest BCUT2D eigenvalue weighted by atomic mass is 10.00. The third-order valence-corrected chi connectivity index (χ3v) is 3.36. The van der Waals surface area contributed by atoms with E-state index in [0.717, 1.165) is 19.3 Å². The van der Waals surface area contributed by atoms with Crippen molar-refractivity contribution in [3.8, 4) is 0 Å². The largest absolute Gasteiger partial charge is 0.480 e. The van der Waals surface area contributed by atoms with Crippen LogP contribution in [0.3, 0.4) is 0 Å². The second-order valence-electron chi connectivity index (χ2n) is 4.97. The Bertz CT molecular complexity index is 314. The van der Waals surface area contributed by atoms with Gasteiger partial charge >= 0.3 is 12.0 Å². The van der Waals surface area contributed by atoms with E-state index in [0.29, 0.717) is 0 Å². The maximum atomic E-state index is 11.8. The number of nitrogens with one attached hydrogen (secondary N) is 2. The molecule has 7 nitrogen and oxygen atoms in total. The van der Waals surface area contributed by atoms with Crippen molar-refractivity contribution in [1.29, 1.82) is 0 Å². The quantitative estimate of drug-likeness (QED) is 0.681. The van der Waals surface area contributed by atoms with Gasteiger partial charge in [0.15, 0.2) is 6.04 Å². The Morgan fingerprint density at radius 1 is 1.37 bits per heavy atom. The third kappa shape index (κ3) is 4.68. The molecule has 7 heteroatoms. The topological polar surface area (TPSA) is 90.9 Å². The van der Waals surface area contributed by atoms with Crippen LogP contribution in [-0.2, 0) is 9.53 Å². The number of carboxylic acid groups (broad SMARTS) is 1. The van der Waals surface area contributed by atoms with Crippen LogP contribution in [-0.4, -0.2) is 54.0 Å². The summed E-state index contributed by atoms with van der Waals surface area (Å²) in [6.07, 6.45) is 3.18. The summed E-state index contributed by atoms with van der Waals surface area (Å²) in [4.78, 5) is 22.7. The molecule has 110 valence electrons. The summed E-state index contributed by atoms with van der Waals surface area (Å²) in [5.41, 5.74) is 2.73. The Morgan fingerprint density at radius 2 is 1.95 bits per heavy atom. The molecule has 19 heavy (non-hydrogen) atoms. The van der Waals surface area contributed by atoms with Crippen LogP contribution in [0.25, 0.3) is 0 Å². The molecule has 0 radical (unpaired) electrons. The first-order valence-electron chi connectivity index (χ1n) is 6.53. The van der Waals surface area contributed by atoms with Crippen LogP contribution in [0.1, 0.15) is 33.1 Å². The summed E-state index contributed by atoms with van der Waals surface area (Å²) < 4.78 is 4.76. The number of nitrogens with zero attached hydrogens (tertiary/aromatic N) is 1. The summed E-state index contributed by atoms with van der Waals surface area (Å²) in [6.45, 7) is 4.02. The Hall–Kier alpha value is -1.34. The van der Waals surface area contributed by atoms with Crippen molar-refractivity contribution in [2.75, 3.05) is 13.7 Å². The number of hydrogen-bond acceptors (Lipinski definition) is 4. The molecular formula is C12H23N3O4. The first-order chi connectivity index (χ1) is 8.95. The van der Waals surface area contributed by atoms with Crippen molar-refractivity contribution < 1.29 is 19.4 Å². The lowest BCUT2D eigenvalue weighted by molar-refractivity contribution is -0.140. The van der Waals surface area contributed by atoms with Crippen LogP contribution >= 0.6 is 0 Å². The highest BCUT2D eigenvalue weighted by Crippen LogP contribution is 2.19. The van der Waals surface area contributed by atoms with E-state index in [9.17, 15) is 9.59 Å². The molecular weight excluding hydrogens is 250 g/mol. The Balaban J connectivity index is 2.51. The van der Waals surface area contributed by atoms with E-state index < -0.39 is 18.0 Å². The second kappa shape index (κ2) is 7.30. The number of methoxy groups -OCH3 is 1. The number of amides is 2. The van der Waals surface area contributed by atoms with Gasteiger partial charge < -0.3 is 15.2 Å². The number of carbonyl (C=O) groups excluding carboxylic acids is 1. The summed E-state index contributed by atoms with van der Waals surface area (Å²) in [5, 5.41) is 13.2. The highest BCUT2D eigenvalue weighted by atomic mass is 16.5. The van der Waals surface area contributed by atoms with E-state index in [4.69, 9.17) is 9.84 Å². The molecule has 2 amide bonds. The van der Waals surface area contributed by atoms with Crippen molar-refractivity contribution in [1.82, 2.24) is 15.8 Å². The summed E-state index contributed by atoms with van der Waals surface area (Å²) in [6, 6.07) is -1.05. The third-order valence-electron chi connectivity index (χ3n) is 3.36. The van der Waals surface area contributed by atoms with Gasteiger partial charge in [0.1, 0.15) is 0 Å². The number of hydrazine groups is 1. The highest BCUT2D eigenvalue weighted by Gasteiger charge is 2.27. The first-order valence-corrected chi connectivity index (χ1v) is 6.53. The SMILES string of the molecule is COCC(NC(=O)NN1C(C)CCCC1C)C(=O)O. The Morgan fingerprint density at radius 3 is 2.42 bits per heavy atom. The number of carbonyl (C=O) groups is 2.